The van der Waals surface area contributed by atoms with Crippen molar-refractivity contribution in [2.45, 2.75) is 27.3 Å². The Morgan fingerprint density at radius 2 is 1.48 bits per heavy atom. The molecule has 1 heterocycles. The van der Waals surface area contributed by atoms with Crippen LogP contribution in [0.15, 0.2) is 54.9 Å². The molecule has 29 heavy (non-hydrogen) atoms. The molecule has 0 aliphatic heterocycles. The number of benzene rings is 2. The Bertz CT molecular complexity index is 1040. The van der Waals surface area contributed by atoms with Gasteiger partial charge in [0.25, 0.3) is 11.8 Å². The summed E-state index contributed by atoms with van der Waals surface area (Å²) in [5, 5.41) is 5.65. The first-order valence-corrected chi connectivity index (χ1v) is 9.20. The lowest BCUT2D eigenvalue weighted by Crippen LogP contribution is -2.23. The van der Waals surface area contributed by atoms with Crippen LogP contribution in [-0.2, 0) is 6.54 Å². The minimum absolute atomic E-state index is 0.247. The molecule has 6 heteroatoms. The van der Waals surface area contributed by atoms with E-state index in [1.54, 1.807) is 12.1 Å². The summed E-state index contributed by atoms with van der Waals surface area (Å²) in [6.45, 7) is 6.13. The van der Waals surface area contributed by atoms with Crippen LogP contribution in [0.4, 0.5) is 10.1 Å². The van der Waals surface area contributed by atoms with Gasteiger partial charge >= 0.3 is 0 Å². The molecule has 1 aromatic heterocycles. The topological polar surface area (TPSA) is 71.1 Å². The Hall–Kier alpha value is -3.54. The van der Waals surface area contributed by atoms with Crippen LogP contribution in [0, 0.1) is 26.6 Å². The Labute approximate surface area is 169 Å². The Balaban J connectivity index is 1.70. The zero-order valence-electron chi connectivity index (χ0n) is 16.5. The quantitative estimate of drug-likeness (QED) is 0.680. The van der Waals surface area contributed by atoms with Gasteiger partial charge < -0.3 is 10.6 Å². The second-order valence-electron chi connectivity index (χ2n) is 7.00. The van der Waals surface area contributed by atoms with Crippen LogP contribution < -0.4 is 10.6 Å². The minimum atomic E-state index is -0.362. The number of carbonyl (C=O) groups excluding carboxylic acids is 2. The van der Waals surface area contributed by atoms with Crippen LogP contribution in [0.25, 0.3) is 0 Å². The molecule has 0 atom stereocenters. The molecule has 0 unspecified atom stereocenters. The van der Waals surface area contributed by atoms with E-state index < -0.39 is 0 Å². The molecule has 3 aromatic rings. The number of anilines is 1. The van der Waals surface area contributed by atoms with Crippen LogP contribution >= 0.6 is 0 Å². The molecular formula is C23H22FN3O2. The predicted octanol–water partition coefficient (Wildman–Crippen LogP) is 4.33. The van der Waals surface area contributed by atoms with Crippen LogP contribution in [0.1, 0.15) is 43.0 Å². The third-order valence-corrected chi connectivity index (χ3v) is 4.54. The highest BCUT2D eigenvalue weighted by Crippen LogP contribution is 2.22. The van der Waals surface area contributed by atoms with Gasteiger partial charge in [0.2, 0.25) is 0 Å². The lowest BCUT2D eigenvalue weighted by atomic mass is 10.0. The van der Waals surface area contributed by atoms with Crippen molar-refractivity contribution in [3.05, 3.63) is 94.1 Å². The van der Waals surface area contributed by atoms with Gasteiger partial charge in [-0.25, -0.2) is 4.39 Å². The number of hydrogen-bond acceptors (Lipinski definition) is 3. The van der Waals surface area contributed by atoms with Gasteiger partial charge in [-0.2, -0.15) is 0 Å². The molecule has 0 fully saturated rings. The van der Waals surface area contributed by atoms with E-state index in [0.717, 1.165) is 27.9 Å². The zero-order valence-corrected chi connectivity index (χ0v) is 16.5. The lowest BCUT2D eigenvalue weighted by molar-refractivity contribution is 0.0950. The normalized spacial score (nSPS) is 10.5. The van der Waals surface area contributed by atoms with Gasteiger partial charge in [-0.3, -0.25) is 14.6 Å². The summed E-state index contributed by atoms with van der Waals surface area (Å²) < 4.78 is 13.0. The van der Waals surface area contributed by atoms with E-state index in [9.17, 15) is 14.0 Å². The molecule has 0 spiro atoms. The van der Waals surface area contributed by atoms with Gasteiger partial charge in [-0.15, -0.1) is 0 Å². The van der Waals surface area contributed by atoms with Crippen molar-refractivity contribution < 1.29 is 14.0 Å². The molecule has 2 amide bonds. The van der Waals surface area contributed by atoms with Gasteiger partial charge in [0, 0.05) is 24.6 Å². The molecule has 0 aliphatic carbocycles. The fourth-order valence-electron chi connectivity index (χ4n) is 3.14. The first kappa shape index (κ1) is 20.2. The number of amides is 2. The number of carbonyl (C=O) groups is 2. The average Bonchev–Trinajstić information content (AvgIpc) is 2.70. The highest BCUT2D eigenvalue weighted by molar-refractivity contribution is 6.06. The van der Waals surface area contributed by atoms with Gasteiger partial charge in [0.1, 0.15) is 5.82 Å². The van der Waals surface area contributed by atoms with E-state index in [0.29, 0.717) is 5.56 Å². The maximum Gasteiger partial charge on any atom is 0.257 e. The number of aryl methyl sites for hydroxylation is 3. The predicted molar refractivity (Wildman–Crippen MR) is 110 cm³/mol. The summed E-state index contributed by atoms with van der Waals surface area (Å²) in [4.78, 5) is 29.1. The monoisotopic (exact) mass is 391 g/mol. The van der Waals surface area contributed by atoms with Crippen LogP contribution in [0.3, 0.4) is 0 Å². The van der Waals surface area contributed by atoms with Gasteiger partial charge in [0.05, 0.1) is 11.1 Å². The fraction of sp³-hybridized carbons (Fsp3) is 0.174. The standard InChI is InChI=1S/C23H22FN3O2/c1-14-8-15(2)21(16(3)9-14)27-23(29)19-10-18(12-25-13-19)22(28)26-11-17-4-6-20(24)7-5-17/h4-10,12-13H,11H2,1-3H3,(H,26,28)(H,27,29). The maximum atomic E-state index is 13.0. The van der Waals surface area contributed by atoms with E-state index >= 15 is 0 Å². The highest BCUT2D eigenvalue weighted by Gasteiger charge is 2.14. The van der Waals surface area contributed by atoms with E-state index in [4.69, 9.17) is 0 Å². The van der Waals surface area contributed by atoms with Crippen molar-refractivity contribution >= 4 is 17.5 Å². The van der Waals surface area contributed by atoms with Crippen LogP contribution in [0.2, 0.25) is 0 Å². The third-order valence-electron chi connectivity index (χ3n) is 4.54. The zero-order chi connectivity index (χ0) is 21.0. The largest absolute Gasteiger partial charge is 0.348 e. The van der Waals surface area contributed by atoms with Gasteiger partial charge in [-0.1, -0.05) is 29.8 Å². The van der Waals surface area contributed by atoms with Crippen molar-refractivity contribution in [1.29, 1.82) is 0 Å². The smallest absolute Gasteiger partial charge is 0.257 e. The highest BCUT2D eigenvalue weighted by atomic mass is 19.1. The third kappa shape index (κ3) is 5.04. The number of rotatable bonds is 5. The summed E-state index contributed by atoms with van der Waals surface area (Å²) in [6.07, 6.45) is 2.82. The summed E-state index contributed by atoms with van der Waals surface area (Å²) in [7, 11) is 0. The molecule has 5 nitrogen and oxygen atoms in total. The van der Waals surface area contributed by atoms with Crippen molar-refractivity contribution in [2.75, 3.05) is 5.32 Å². The van der Waals surface area contributed by atoms with Crippen molar-refractivity contribution in [1.82, 2.24) is 10.3 Å². The summed E-state index contributed by atoms with van der Waals surface area (Å²) >= 11 is 0. The first-order chi connectivity index (χ1) is 13.8. The molecular weight excluding hydrogens is 369 g/mol. The van der Waals surface area contributed by atoms with Gasteiger partial charge in [0.15, 0.2) is 0 Å². The number of nitrogens with zero attached hydrogens (tertiary/aromatic N) is 1. The summed E-state index contributed by atoms with van der Waals surface area (Å²) in [6, 6.07) is 11.4. The average molecular weight is 391 g/mol. The molecule has 0 aliphatic rings. The van der Waals surface area contributed by atoms with Crippen molar-refractivity contribution in [3.8, 4) is 0 Å². The second-order valence-corrected chi connectivity index (χ2v) is 7.00. The molecule has 0 bridgehead atoms. The SMILES string of the molecule is Cc1cc(C)c(NC(=O)c2cncc(C(=O)NCc3ccc(F)cc3)c2)c(C)c1. The lowest BCUT2D eigenvalue weighted by Gasteiger charge is -2.13. The number of hydrogen-bond donors (Lipinski definition) is 2. The molecule has 2 N–H and O–H groups in total. The van der Waals surface area contributed by atoms with Crippen molar-refractivity contribution in [3.63, 3.8) is 0 Å². The summed E-state index contributed by atoms with van der Waals surface area (Å²) in [5.74, 6) is -1.03. The summed E-state index contributed by atoms with van der Waals surface area (Å²) in [5.41, 5.74) is 5.16. The van der Waals surface area contributed by atoms with E-state index in [1.807, 2.05) is 32.9 Å². The molecule has 2 aromatic carbocycles. The molecule has 0 saturated heterocycles. The number of nitrogens with one attached hydrogen (secondary N) is 2. The minimum Gasteiger partial charge on any atom is -0.348 e. The van der Waals surface area contributed by atoms with Crippen LogP contribution in [-0.4, -0.2) is 16.8 Å². The van der Waals surface area contributed by atoms with Crippen LogP contribution in [0.5, 0.6) is 0 Å². The Morgan fingerprint density at radius 3 is 2.10 bits per heavy atom. The van der Waals surface area contributed by atoms with E-state index in [2.05, 4.69) is 15.6 Å². The van der Waals surface area contributed by atoms with E-state index in [-0.39, 0.29) is 29.7 Å². The number of pyridine rings is 1. The molecule has 148 valence electrons. The maximum absolute atomic E-state index is 13.0. The molecule has 0 radical (unpaired) electrons. The fourth-order valence-corrected chi connectivity index (χ4v) is 3.14. The Morgan fingerprint density at radius 1 is 0.897 bits per heavy atom. The Kier molecular flexibility index (Phi) is 6.02. The number of halogens is 1. The first-order valence-electron chi connectivity index (χ1n) is 9.20. The van der Waals surface area contributed by atoms with Gasteiger partial charge in [-0.05, 0) is 55.7 Å². The molecule has 0 saturated carbocycles. The van der Waals surface area contributed by atoms with Crippen molar-refractivity contribution in [2.24, 2.45) is 0 Å². The number of aromatic nitrogens is 1. The molecule has 3 rings (SSSR count). The second kappa shape index (κ2) is 8.65. The van der Waals surface area contributed by atoms with E-state index in [1.165, 1.54) is 30.6 Å².